The van der Waals surface area contributed by atoms with Crippen molar-refractivity contribution in [2.45, 2.75) is 18.8 Å². The summed E-state index contributed by atoms with van der Waals surface area (Å²) < 4.78 is 5.24. The highest BCUT2D eigenvalue weighted by atomic mass is 32.1. The Morgan fingerprint density at radius 2 is 2.08 bits per heavy atom. The fourth-order valence-corrected chi connectivity index (χ4v) is 4.31. The normalized spacial score (nSPS) is 15.8. The fourth-order valence-electron chi connectivity index (χ4n) is 3.41. The zero-order chi connectivity index (χ0) is 16.5. The number of hydrogen-bond acceptors (Lipinski definition) is 3. The van der Waals surface area contributed by atoms with Crippen LogP contribution in [0.15, 0.2) is 41.8 Å². The Balaban J connectivity index is 1.48. The Morgan fingerprint density at radius 1 is 1.25 bits per heavy atom. The monoisotopic (exact) mass is 340 g/mol. The van der Waals surface area contributed by atoms with Crippen LogP contribution < -0.4 is 4.74 Å². The number of aromatic nitrogens is 1. The van der Waals surface area contributed by atoms with Gasteiger partial charge in [-0.05, 0) is 48.4 Å². The Labute approximate surface area is 145 Å². The van der Waals surface area contributed by atoms with E-state index in [1.54, 1.807) is 7.11 Å². The summed E-state index contributed by atoms with van der Waals surface area (Å²) in [6, 6.07) is 12.1. The van der Waals surface area contributed by atoms with E-state index < -0.39 is 0 Å². The number of aromatic amines is 1. The number of ether oxygens (including phenoxy) is 1. The van der Waals surface area contributed by atoms with E-state index in [4.69, 9.17) is 4.74 Å². The van der Waals surface area contributed by atoms with Crippen LogP contribution in [0.3, 0.4) is 0 Å². The molecule has 5 heteroatoms. The van der Waals surface area contributed by atoms with Crippen LogP contribution in [-0.2, 0) is 0 Å². The van der Waals surface area contributed by atoms with Crippen LogP contribution in [0.4, 0.5) is 0 Å². The van der Waals surface area contributed by atoms with Crippen molar-refractivity contribution < 1.29 is 9.53 Å². The topological polar surface area (TPSA) is 45.3 Å². The Hall–Kier alpha value is -2.27. The lowest BCUT2D eigenvalue weighted by Crippen LogP contribution is -2.37. The summed E-state index contributed by atoms with van der Waals surface area (Å²) in [6.45, 7) is 1.64. The van der Waals surface area contributed by atoms with Crippen LogP contribution in [0.1, 0.15) is 34.1 Å². The summed E-state index contributed by atoms with van der Waals surface area (Å²) in [4.78, 5) is 19.4. The number of hydrogen-bond donors (Lipinski definition) is 1. The zero-order valence-electron chi connectivity index (χ0n) is 13.6. The second kappa shape index (κ2) is 6.32. The van der Waals surface area contributed by atoms with Crippen molar-refractivity contribution in [2.24, 2.45) is 0 Å². The zero-order valence-corrected chi connectivity index (χ0v) is 14.4. The molecule has 1 aromatic carbocycles. The predicted octanol–water partition coefficient (Wildman–Crippen LogP) is 4.26. The summed E-state index contributed by atoms with van der Waals surface area (Å²) in [5.74, 6) is 1.48. The van der Waals surface area contributed by atoms with Crippen LogP contribution in [0.5, 0.6) is 5.75 Å². The molecule has 0 saturated carbocycles. The third kappa shape index (κ3) is 2.80. The Kier molecular flexibility index (Phi) is 4.02. The lowest BCUT2D eigenvalue weighted by molar-refractivity contribution is 0.0709. The molecule has 4 rings (SSSR count). The van der Waals surface area contributed by atoms with Gasteiger partial charge < -0.3 is 14.6 Å². The van der Waals surface area contributed by atoms with Crippen LogP contribution in [-0.4, -0.2) is 36.0 Å². The van der Waals surface area contributed by atoms with E-state index in [1.807, 2.05) is 40.5 Å². The SMILES string of the molecule is COc1ccc2cc(C(=O)N3CCC(c4cccs4)CC3)[nH]c2c1. The molecule has 3 heterocycles. The highest BCUT2D eigenvalue weighted by Crippen LogP contribution is 2.31. The predicted molar refractivity (Wildman–Crippen MR) is 97.0 cm³/mol. The largest absolute Gasteiger partial charge is 0.497 e. The summed E-state index contributed by atoms with van der Waals surface area (Å²) in [5.41, 5.74) is 1.60. The molecule has 0 aliphatic carbocycles. The van der Waals surface area contributed by atoms with E-state index in [-0.39, 0.29) is 5.91 Å². The lowest BCUT2D eigenvalue weighted by Gasteiger charge is -2.31. The number of likely N-dealkylation sites (tertiary alicyclic amines) is 1. The molecule has 3 aromatic rings. The molecule has 1 aliphatic rings. The number of thiophene rings is 1. The minimum Gasteiger partial charge on any atom is -0.497 e. The summed E-state index contributed by atoms with van der Waals surface area (Å²) in [6.07, 6.45) is 2.08. The van der Waals surface area contributed by atoms with E-state index in [9.17, 15) is 4.79 Å². The molecule has 2 aromatic heterocycles. The molecule has 1 amide bonds. The van der Waals surface area contributed by atoms with Crippen molar-refractivity contribution >= 4 is 28.1 Å². The number of nitrogens with zero attached hydrogens (tertiary/aromatic N) is 1. The second-order valence-corrected chi connectivity index (χ2v) is 7.20. The number of piperidine rings is 1. The Morgan fingerprint density at radius 3 is 2.79 bits per heavy atom. The number of fused-ring (bicyclic) bond motifs is 1. The standard InChI is InChI=1S/C19H20N2O2S/c1-23-15-5-4-14-11-17(20-16(14)12-15)19(22)21-8-6-13(7-9-21)18-3-2-10-24-18/h2-5,10-13,20H,6-9H2,1H3. The minimum absolute atomic E-state index is 0.0924. The van der Waals surface area contributed by atoms with Crippen molar-refractivity contribution in [3.8, 4) is 5.75 Å². The van der Waals surface area contributed by atoms with Gasteiger partial charge in [-0.3, -0.25) is 4.79 Å². The van der Waals surface area contributed by atoms with E-state index in [0.29, 0.717) is 11.6 Å². The van der Waals surface area contributed by atoms with Crippen LogP contribution in [0.25, 0.3) is 10.9 Å². The first-order valence-electron chi connectivity index (χ1n) is 8.24. The number of H-pyrrole nitrogens is 1. The number of benzene rings is 1. The maximum Gasteiger partial charge on any atom is 0.270 e. The van der Waals surface area contributed by atoms with Crippen LogP contribution in [0, 0.1) is 0 Å². The smallest absolute Gasteiger partial charge is 0.270 e. The molecule has 124 valence electrons. The average Bonchev–Trinajstić information content (AvgIpc) is 3.30. The highest BCUT2D eigenvalue weighted by molar-refractivity contribution is 7.10. The van der Waals surface area contributed by atoms with E-state index in [0.717, 1.165) is 42.6 Å². The summed E-state index contributed by atoms with van der Waals surface area (Å²) in [7, 11) is 1.65. The van der Waals surface area contributed by atoms with Gasteiger partial charge >= 0.3 is 0 Å². The third-order valence-electron chi connectivity index (χ3n) is 4.79. The average molecular weight is 340 g/mol. The molecule has 0 radical (unpaired) electrons. The lowest BCUT2D eigenvalue weighted by atomic mass is 9.95. The maximum absolute atomic E-state index is 12.8. The van der Waals surface area contributed by atoms with Gasteiger partial charge in [0.25, 0.3) is 5.91 Å². The Bertz CT molecular complexity index is 846. The van der Waals surface area contributed by atoms with Gasteiger partial charge in [0.2, 0.25) is 0 Å². The first-order chi connectivity index (χ1) is 11.7. The van der Waals surface area contributed by atoms with Crippen molar-refractivity contribution in [3.63, 3.8) is 0 Å². The molecule has 1 aliphatic heterocycles. The van der Waals surface area contributed by atoms with Gasteiger partial charge in [0.1, 0.15) is 11.4 Å². The molecule has 24 heavy (non-hydrogen) atoms. The molecule has 0 atom stereocenters. The molecule has 1 N–H and O–H groups in total. The maximum atomic E-state index is 12.8. The number of methoxy groups -OCH3 is 1. The summed E-state index contributed by atoms with van der Waals surface area (Å²) in [5, 5.41) is 3.17. The molecule has 0 spiro atoms. The third-order valence-corrected chi connectivity index (χ3v) is 5.82. The highest BCUT2D eigenvalue weighted by Gasteiger charge is 2.25. The fraction of sp³-hybridized carbons (Fsp3) is 0.316. The molecular weight excluding hydrogens is 320 g/mol. The van der Waals surface area contributed by atoms with Crippen LogP contribution in [0.2, 0.25) is 0 Å². The molecule has 0 bridgehead atoms. The van der Waals surface area contributed by atoms with Crippen LogP contribution >= 0.6 is 11.3 Å². The quantitative estimate of drug-likeness (QED) is 0.774. The van der Waals surface area contributed by atoms with Crippen molar-refractivity contribution in [1.29, 1.82) is 0 Å². The van der Waals surface area contributed by atoms with E-state index in [2.05, 4.69) is 22.5 Å². The number of amides is 1. The number of carbonyl (C=O) groups excluding carboxylic acids is 1. The van der Waals surface area contributed by atoms with Gasteiger partial charge in [0, 0.05) is 34.9 Å². The van der Waals surface area contributed by atoms with Crippen molar-refractivity contribution in [2.75, 3.05) is 20.2 Å². The van der Waals surface area contributed by atoms with E-state index >= 15 is 0 Å². The first-order valence-corrected chi connectivity index (χ1v) is 9.12. The number of nitrogens with one attached hydrogen (secondary N) is 1. The number of rotatable bonds is 3. The number of carbonyl (C=O) groups is 1. The molecular formula is C19H20N2O2S. The summed E-state index contributed by atoms with van der Waals surface area (Å²) >= 11 is 1.82. The molecule has 1 fully saturated rings. The van der Waals surface area contributed by atoms with Gasteiger partial charge in [-0.1, -0.05) is 6.07 Å². The van der Waals surface area contributed by atoms with Gasteiger partial charge in [-0.15, -0.1) is 11.3 Å². The van der Waals surface area contributed by atoms with Gasteiger partial charge in [0.15, 0.2) is 0 Å². The van der Waals surface area contributed by atoms with Crippen molar-refractivity contribution in [1.82, 2.24) is 9.88 Å². The van der Waals surface area contributed by atoms with Gasteiger partial charge in [0.05, 0.1) is 7.11 Å². The van der Waals surface area contributed by atoms with E-state index in [1.165, 1.54) is 4.88 Å². The minimum atomic E-state index is 0.0924. The van der Waals surface area contributed by atoms with Gasteiger partial charge in [-0.25, -0.2) is 0 Å². The molecule has 1 saturated heterocycles. The molecule has 4 nitrogen and oxygen atoms in total. The second-order valence-electron chi connectivity index (χ2n) is 6.22. The van der Waals surface area contributed by atoms with Gasteiger partial charge in [-0.2, -0.15) is 0 Å². The van der Waals surface area contributed by atoms with Crippen molar-refractivity contribution in [3.05, 3.63) is 52.3 Å². The first kappa shape index (κ1) is 15.3. The molecule has 0 unspecified atom stereocenters.